The van der Waals surface area contributed by atoms with Gasteiger partial charge in [0.15, 0.2) is 0 Å². The van der Waals surface area contributed by atoms with Gasteiger partial charge in [0.25, 0.3) is 0 Å². The minimum absolute atomic E-state index is 0.200. The molecule has 0 radical (unpaired) electrons. The third-order valence-electron chi connectivity index (χ3n) is 4.03. The molecule has 0 saturated carbocycles. The van der Waals surface area contributed by atoms with E-state index in [2.05, 4.69) is 5.10 Å². The lowest BCUT2D eigenvalue weighted by Crippen LogP contribution is -2.53. The van der Waals surface area contributed by atoms with Gasteiger partial charge in [-0.05, 0) is 25.1 Å². The molecule has 1 atom stereocenters. The Bertz CT molecular complexity index is 805. The Labute approximate surface area is 135 Å². The highest BCUT2D eigenvalue weighted by Gasteiger charge is 2.34. The number of anilines is 1. The molecular weight excluding hydrogens is 319 g/mol. The molecule has 1 unspecified atom stereocenters. The summed E-state index contributed by atoms with van der Waals surface area (Å²) in [7, 11) is -1.87. The molecule has 2 aromatic rings. The fourth-order valence-electron chi connectivity index (χ4n) is 2.87. The summed E-state index contributed by atoms with van der Waals surface area (Å²) in [6, 6.07) is 6.15. The number of aromatic nitrogens is 2. The van der Waals surface area contributed by atoms with Gasteiger partial charge in [0, 0.05) is 44.6 Å². The van der Waals surface area contributed by atoms with Gasteiger partial charge in [-0.3, -0.25) is 4.68 Å². The summed E-state index contributed by atoms with van der Waals surface area (Å²) in [5, 5.41) is 3.93. The second-order valence-corrected chi connectivity index (χ2v) is 7.63. The Balaban J connectivity index is 1.79. The number of benzene rings is 1. The van der Waals surface area contributed by atoms with E-state index in [1.807, 2.05) is 17.9 Å². The van der Waals surface area contributed by atoms with E-state index in [0.717, 1.165) is 5.69 Å². The second-order valence-electron chi connectivity index (χ2n) is 5.74. The van der Waals surface area contributed by atoms with E-state index in [9.17, 15) is 12.8 Å². The van der Waals surface area contributed by atoms with E-state index in [1.54, 1.807) is 13.1 Å². The molecule has 0 bridgehead atoms. The maximum atomic E-state index is 13.4. The van der Waals surface area contributed by atoms with Crippen molar-refractivity contribution in [2.45, 2.75) is 17.9 Å². The fourth-order valence-corrected chi connectivity index (χ4v) is 4.47. The van der Waals surface area contributed by atoms with Crippen LogP contribution in [-0.4, -0.2) is 48.2 Å². The summed E-state index contributed by atoms with van der Waals surface area (Å²) < 4.78 is 41.7. The summed E-state index contributed by atoms with van der Waals surface area (Å²) in [6.45, 7) is 3.25. The summed E-state index contributed by atoms with van der Waals surface area (Å²) >= 11 is 0. The highest BCUT2D eigenvalue weighted by molar-refractivity contribution is 7.89. The standard InChI is InChI=1S/C15H19FN4O2S/c1-12-10-19(14-5-3-4-13(16)8-14)6-7-20(12)23(21,22)15-9-17-18(2)11-15/h3-5,8-9,11-12H,6-7,10H2,1-2H3. The number of rotatable bonds is 3. The lowest BCUT2D eigenvalue weighted by Gasteiger charge is -2.39. The molecule has 0 amide bonds. The van der Waals surface area contributed by atoms with Crippen molar-refractivity contribution in [1.82, 2.24) is 14.1 Å². The van der Waals surface area contributed by atoms with Gasteiger partial charge in [-0.15, -0.1) is 0 Å². The van der Waals surface area contributed by atoms with Gasteiger partial charge in [0.1, 0.15) is 10.7 Å². The number of sulfonamides is 1. The van der Waals surface area contributed by atoms with Crippen molar-refractivity contribution >= 4 is 15.7 Å². The van der Waals surface area contributed by atoms with Crippen molar-refractivity contribution in [2.75, 3.05) is 24.5 Å². The van der Waals surface area contributed by atoms with Gasteiger partial charge in [0.05, 0.1) is 6.20 Å². The number of hydrogen-bond acceptors (Lipinski definition) is 4. The van der Waals surface area contributed by atoms with E-state index >= 15 is 0 Å². The zero-order valence-corrected chi connectivity index (χ0v) is 13.9. The molecular formula is C15H19FN4O2S. The summed E-state index contributed by atoms with van der Waals surface area (Å²) in [5.74, 6) is -0.291. The fraction of sp³-hybridized carbons (Fsp3) is 0.400. The van der Waals surface area contributed by atoms with Gasteiger partial charge in [-0.1, -0.05) is 6.07 Å². The average molecular weight is 338 g/mol. The predicted molar refractivity (Wildman–Crippen MR) is 85.2 cm³/mol. The van der Waals surface area contributed by atoms with E-state index in [1.165, 1.54) is 33.5 Å². The van der Waals surface area contributed by atoms with Crippen LogP contribution in [0.2, 0.25) is 0 Å². The molecule has 0 spiro atoms. The van der Waals surface area contributed by atoms with Crippen molar-refractivity contribution in [2.24, 2.45) is 7.05 Å². The van der Waals surface area contributed by atoms with E-state index in [4.69, 9.17) is 0 Å². The first-order chi connectivity index (χ1) is 10.9. The molecule has 6 nitrogen and oxygen atoms in total. The van der Waals surface area contributed by atoms with Crippen molar-refractivity contribution in [3.8, 4) is 0 Å². The Hall–Kier alpha value is -1.93. The van der Waals surface area contributed by atoms with E-state index < -0.39 is 10.0 Å². The maximum Gasteiger partial charge on any atom is 0.246 e. The number of aryl methyl sites for hydroxylation is 1. The van der Waals surface area contributed by atoms with E-state index in [-0.39, 0.29) is 16.8 Å². The van der Waals surface area contributed by atoms with Crippen LogP contribution in [0.3, 0.4) is 0 Å². The minimum atomic E-state index is -3.55. The van der Waals surface area contributed by atoms with Gasteiger partial charge in [-0.2, -0.15) is 9.40 Å². The van der Waals surface area contributed by atoms with Crippen LogP contribution in [0.5, 0.6) is 0 Å². The van der Waals surface area contributed by atoms with Gasteiger partial charge >= 0.3 is 0 Å². The molecule has 1 aliphatic heterocycles. The molecule has 124 valence electrons. The number of piperazine rings is 1. The quantitative estimate of drug-likeness (QED) is 0.850. The largest absolute Gasteiger partial charge is 0.369 e. The van der Waals surface area contributed by atoms with Gasteiger partial charge in [0.2, 0.25) is 10.0 Å². The first-order valence-electron chi connectivity index (χ1n) is 7.39. The molecule has 1 fully saturated rings. The zero-order valence-electron chi connectivity index (χ0n) is 13.1. The van der Waals surface area contributed by atoms with Crippen molar-refractivity contribution < 1.29 is 12.8 Å². The summed E-state index contributed by atoms with van der Waals surface area (Å²) in [4.78, 5) is 2.20. The molecule has 2 heterocycles. The molecule has 0 aliphatic carbocycles. The molecule has 1 aromatic heterocycles. The van der Waals surface area contributed by atoms with Crippen LogP contribution in [-0.2, 0) is 17.1 Å². The first kappa shape index (κ1) is 15.9. The molecule has 8 heteroatoms. The number of halogens is 1. The van der Waals surface area contributed by atoms with Crippen LogP contribution in [0.15, 0.2) is 41.6 Å². The lowest BCUT2D eigenvalue weighted by atomic mass is 10.2. The van der Waals surface area contributed by atoms with Crippen LogP contribution in [0.1, 0.15) is 6.92 Å². The van der Waals surface area contributed by atoms with Crippen molar-refractivity contribution in [3.05, 3.63) is 42.5 Å². The SMILES string of the molecule is CC1CN(c2cccc(F)c2)CCN1S(=O)(=O)c1cnn(C)c1. The van der Waals surface area contributed by atoms with Gasteiger partial charge in [-0.25, -0.2) is 12.8 Å². The topological polar surface area (TPSA) is 58.4 Å². The highest BCUT2D eigenvalue weighted by Crippen LogP contribution is 2.24. The van der Waals surface area contributed by atoms with Crippen LogP contribution in [0.4, 0.5) is 10.1 Å². The van der Waals surface area contributed by atoms with Crippen molar-refractivity contribution in [3.63, 3.8) is 0 Å². The smallest absolute Gasteiger partial charge is 0.246 e. The monoisotopic (exact) mass is 338 g/mol. The molecule has 1 aromatic carbocycles. The number of nitrogens with zero attached hydrogens (tertiary/aromatic N) is 4. The zero-order chi connectivity index (χ0) is 16.6. The first-order valence-corrected chi connectivity index (χ1v) is 8.83. The number of hydrogen-bond donors (Lipinski definition) is 0. The lowest BCUT2D eigenvalue weighted by molar-refractivity contribution is 0.306. The van der Waals surface area contributed by atoms with Crippen LogP contribution in [0, 0.1) is 5.82 Å². The van der Waals surface area contributed by atoms with E-state index in [0.29, 0.717) is 19.6 Å². The third-order valence-corrected chi connectivity index (χ3v) is 5.99. The average Bonchev–Trinajstić information content (AvgIpc) is 2.94. The molecule has 1 aliphatic rings. The molecule has 1 saturated heterocycles. The summed E-state index contributed by atoms with van der Waals surface area (Å²) in [5.41, 5.74) is 0.773. The Morgan fingerprint density at radius 3 is 2.70 bits per heavy atom. The Kier molecular flexibility index (Phi) is 4.11. The third kappa shape index (κ3) is 3.09. The molecule has 0 N–H and O–H groups in total. The summed E-state index contributed by atoms with van der Waals surface area (Å²) in [6.07, 6.45) is 2.86. The van der Waals surface area contributed by atoms with Crippen LogP contribution < -0.4 is 4.90 Å². The normalized spacial score (nSPS) is 20.0. The van der Waals surface area contributed by atoms with Crippen LogP contribution in [0.25, 0.3) is 0 Å². The predicted octanol–water partition coefficient (Wildman–Crippen LogP) is 1.46. The second kappa shape index (κ2) is 5.93. The molecule has 3 rings (SSSR count). The maximum absolute atomic E-state index is 13.4. The van der Waals surface area contributed by atoms with Gasteiger partial charge < -0.3 is 4.90 Å². The minimum Gasteiger partial charge on any atom is -0.369 e. The Morgan fingerprint density at radius 2 is 2.09 bits per heavy atom. The van der Waals surface area contributed by atoms with Crippen molar-refractivity contribution in [1.29, 1.82) is 0 Å². The van der Waals surface area contributed by atoms with Crippen LogP contribution >= 0.6 is 0 Å². The molecule has 23 heavy (non-hydrogen) atoms. The highest BCUT2D eigenvalue weighted by atomic mass is 32.2. The Morgan fingerprint density at radius 1 is 1.30 bits per heavy atom.